The maximum Gasteiger partial charge on any atom is 0.229 e. The summed E-state index contributed by atoms with van der Waals surface area (Å²) in [5, 5.41) is 12.9. The van der Waals surface area contributed by atoms with E-state index in [4.69, 9.17) is 11.6 Å². The monoisotopic (exact) mass is 451 g/mol. The van der Waals surface area contributed by atoms with Crippen LogP contribution in [0.4, 0.5) is 26.2 Å². The first-order chi connectivity index (χ1) is 14.8. The quantitative estimate of drug-likeness (QED) is 0.354. The zero-order chi connectivity index (χ0) is 22.8. The van der Waals surface area contributed by atoms with Crippen LogP contribution in [0, 0.1) is 11.6 Å². The van der Waals surface area contributed by atoms with Gasteiger partial charge in [-0.3, -0.25) is 4.68 Å². The van der Waals surface area contributed by atoms with E-state index in [-0.39, 0.29) is 29.6 Å². The van der Waals surface area contributed by atoms with Crippen LogP contribution in [0.5, 0.6) is 0 Å². The number of anilines is 3. The van der Waals surface area contributed by atoms with Crippen molar-refractivity contribution in [1.82, 2.24) is 25.1 Å². The lowest BCUT2D eigenvalue weighted by Crippen LogP contribution is -2.15. The highest BCUT2D eigenvalue weighted by Crippen LogP contribution is 2.22. The van der Waals surface area contributed by atoms with Crippen molar-refractivity contribution in [3.63, 3.8) is 0 Å². The van der Waals surface area contributed by atoms with Gasteiger partial charge >= 0.3 is 0 Å². The average Bonchev–Trinajstić information content (AvgIpc) is 3.18. The zero-order valence-corrected chi connectivity index (χ0v) is 18.1. The molecule has 3 rings (SSSR count). The van der Waals surface area contributed by atoms with E-state index in [1.165, 1.54) is 23.1 Å². The number of benzene rings is 1. The molecule has 0 aliphatic carbocycles. The van der Waals surface area contributed by atoms with Crippen molar-refractivity contribution in [3.8, 4) is 0 Å². The van der Waals surface area contributed by atoms with Crippen molar-refractivity contribution in [2.24, 2.45) is 0 Å². The van der Waals surface area contributed by atoms with Gasteiger partial charge in [0, 0.05) is 35.6 Å². The molecule has 0 aliphatic heterocycles. The number of hydrogen-bond donors (Lipinski definition) is 3. The van der Waals surface area contributed by atoms with E-state index >= 15 is 0 Å². The number of carbonyl (C=O) groups is 1. The van der Waals surface area contributed by atoms with Gasteiger partial charge in [0.2, 0.25) is 5.95 Å². The minimum atomic E-state index is -1.00. The van der Waals surface area contributed by atoms with Crippen LogP contribution in [0.15, 0.2) is 36.8 Å². The van der Waals surface area contributed by atoms with Crippen LogP contribution >= 0.6 is 11.6 Å². The molecule has 0 saturated carbocycles. The Morgan fingerprint density at radius 3 is 2.68 bits per heavy atom. The molecule has 3 N–H and O–H groups in total. The summed E-state index contributed by atoms with van der Waals surface area (Å²) in [6.45, 7) is 4.32. The molecule has 0 atom stereocenters. The maximum absolute atomic E-state index is 13.8. The largest absolute Gasteiger partial charge is 0.366 e. The van der Waals surface area contributed by atoms with Gasteiger partial charge in [-0.1, -0.05) is 25.4 Å². The Labute approximate surface area is 184 Å². The molecule has 1 aromatic carbocycles. The van der Waals surface area contributed by atoms with E-state index in [1.807, 2.05) is 7.05 Å². The third kappa shape index (κ3) is 7.58. The summed E-state index contributed by atoms with van der Waals surface area (Å²) in [5.74, 6) is -1.31. The van der Waals surface area contributed by atoms with Crippen LogP contribution in [0.25, 0.3) is 0 Å². The number of hydrogen-bond acceptors (Lipinski definition) is 7. The molecule has 8 nitrogen and oxygen atoms in total. The number of nitrogens with one attached hydrogen (secondary N) is 3. The summed E-state index contributed by atoms with van der Waals surface area (Å²) in [7, 11) is 1.95. The summed E-state index contributed by atoms with van der Waals surface area (Å²) >= 11 is 5.91. The van der Waals surface area contributed by atoms with E-state index in [2.05, 4.69) is 44.9 Å². The van der Waals surface area contributed by atoms with Crippen molar-refractivity contribution < 1.29 is 13.6 Å². The van der Waals surface area contributed by atoms with Crippen molar-refractivity contribution in [2.45, 2.75) is 33.0 Å². The summed E-state index contributed by atoms with van der Waals surface area (Å²) in [6.07, 6.45) is 5.38. The summed E-state index contributed by atoms with van der Waals surface area (Å²) < 4.78 is 28.6. The van der Waals surface area contributed by atoms with E-state index in [0.29, 0.717) is 17.5 Å². The molecule has 2 heterocycles. The first-order valence-corrected chi connectivity index (χ1v) is 9.81. The Balaban J connectivity index is 0.000000614. The van der Waals surface area contributed by atoms with E-state index < -0.39 is 11.6 Å². The van der Waals surface area contributed by atoms with Crippen molar-refractivity contribution >= 4 is 35.3 Å². The van der Waals surface area contributed by atoms with Gasteiger partial charge in [0.25, 0.3) is 0 Å². The molecule has 3 aromatic rings. The van der Waals surface area contributed by atoms with Gasteiger partial charge in [-0.15, -0.1) is 0 Å². The van der Waals surface area contributed by atoms with E-state index in [9.17, 15) is 13.6 Å². The van der Waals surface area contributed by atoms with Crippen LogP contribution in [0.3, 0.4) is 0 Å². The van der Waals surface area contributed by atoms with Gasteiger partial charge in [-0.25, -0.2) is 13.8 Å². The van der Waals surface area contributed by atoms with Crippen molar-refractivity contribution in [2.75, 3.05) is 17.7 Å². The molecule has 0 bridgehead atoms. The number of aromatic nitrogens is 4. The third-order valence-electron chi connectivity index (χ3n) is 3.97. The van der Waals surface area contributed by atoms with Crippen LogP contribution in [0.2, 0.25) is 5.02 Å². The van der Waals surface area contributed by atoms with Gasteiger partial charge in [0.15, 0.2) is 11.6 Å². The molecule has 0 spiro atoms. The Kier molecular flexibility index (Phi) is 9.29. The second-order valence-corrected chi connectivity index (χ2v) is 7.03. The van der Waals surface area contributed by atoms with E-state index in [1.54, 1.807) is 12.3 Å². The summed E-state index contributed by atoms with van der Waals surface area (Å²) in [6, 6.07) is 4.47. The Hall–Kier alpha value is -3.11. The predicted octanol–water partition coefficient (Wildman–Crippen LogP) is 3.77. The molecule has 0 amide bonds. The van der Waals surface area contributed by atoms with Crippen LogP contribution in [-0.2, 0) is 17.9 Å². The van der Waals surface area contributed by atoms with Crippen molar-refractivity contribution in [1.29, 1.82) is 0 Å². The Morgan fingerprint density at radius 2 is 2.00 bits per heavy atom. The van der Waals surface area contributed by atoms with Gasteiger partial charge in [-0.05, 0) is 25.2 Å². The molecule has 0 fully saturated rings. The fraction of sp³-hybridized carbons (Fsp3) is 0.300. The Bertz CT molecular complexity index is 997. The topological polar surface area (TPSA) is 96.8 Å². The second kappa shape index (κ2) is 11.9. The lowest BCUT2D eigenvalue weighted by atomic mass is 10.2. The third-order valence-corrected chi connectivity index (χ3v) is 4.32. The highest BCUT2D eigenvalue weighted by atomic mass is 35.5. The number of rotatable bonds is 8. The molecule has 166 valence electrons. The maximum atomic E-state index is 13.8. The van der Waals surface area contributed by atoms with Crippen molar-refractivity contribution in [3.05, 3.63) is 59.0 Å². The molecular formula is C20H24ClF2N7O. The fourth-order valence-corrected chi connectivity index (χ4v) is 2.37. The number of aldehydes is 1. The molecular weight excluding hydrogens is 428 g/mol. The highest BCUT2D eigenvalue weighted by molar-refractivity contribution is 6.31. The first kappa shape index (κ1) is 24.2. The van der Waals surface area contributed by atoms with E-state index in [0.717, 1.165) is 12.4 Å². The minimum Gasteiger partial charge on any atom is -0.366 e. The predicted molar refractivity (Wildman–Crippen MR) is 116 cm³/mol. The lowest BCUT2D eigenvalue weighted by molar-refractivity contribution is -0.108. The average molecular weight is 452 g/mol. The second-order valence-electron chi connectivity index (χ2n) is 6.63. The van der Waals surface area contributed by atoms with Crippen LogP contribution in [-0.4, -0.2) is 39.1 Å². The lowest BCUT2D eigenvalue weighted by Gasteiger charge is -2.10. The first-order valence-electron chi connectivity index (χ1n) is 9.43. The molecule has 0 saturated heterocycles. The molecule has 11 heteroatoms. The zero-order valence-electron chi connectivity index (χ0n) is 17.4. The molecule has 0 aliphatic rings. The number of carbonyl (C=O) groups excluding carboxylic acids is 1. The molecule has 31 heavy (non-hydrogen) atoms. The van der Waals surface area contributed by atoms with Gasteiger partial charge in [0.05, 0.1) is 18.4 Å². The number of halogens is 3. The molecule has 2 aromatic heterocycles. The van der Waals surface area contributed by atoms with Crippen LogP contribution < -0.4 is 16.0 Å². The van der Waals surface area contributed by atoms with Gasteiger partial charge in [0.1, 0.15) is 12.1 Å². The summed E-state index contributed by atoms with van der Waals surface area (Å²) in [5.41, 5.74) is 0.609. The smallest absolute Gasteiger partial charge is 0.229 e. The highest BCUT2D eigenvalue weighted by Gasteiger charge is 2.12. The van der Waals surface area contributed by atoms with Gasteiger partial charge < -0.3 is 20.7 Å². The van der Waals surface area contributed by atoms with Gasteiger partial charge in [-0.2, -0.15) is 10.1 Å². The minimum absolute atomic E-state index is 0.00919. The number of nitrogens with zero attached hydrogens (tertiary/aromatic N) is 4. The normalized spacial score (nSPS) is 10.4. The SMILES string of the molecule is CNC(C)C.O=CCn1cc(Nc2nccc(NCc3c(Cl)ccc(F)c3F)n2)cn1. The molecule has 0 unspecified atom stereocenters. The fourth-order valence-electron chi connectivity index (χ4n) is 2.16. The Morgan fingerprint density at radius 1 is 1.26 bits per heavy atom. The standard InChI is InChI=1S/C16H13ClF2N6O.C4H11N/c17-12-1-2-13(18)15(19)11(12)8-21-14-3-4-20-16(24-14)23-10-7-22-25(9-10)5-6-26;1-4(2)5-3/h1-4,6-7,9H,5,8H2,(H2,20,21,23,24);4-5H,1-3H3. The molecule has 0 radical (unpaired) electrons. The van der Waals surface area contributed by atoms with Crippen LogP contribution in [0.1, 0.15) is 19.4 Å². The summed E-state index contributed by atoms with van der Waals surface area (Å²) in [4.78, 5) is 18.8.